The van der Waals surface area contributed by atoms with E-state index < -0.39 is 0 Å². The number of hydrogen-bond acceptors (Lipinski definition) is 4. The van der Waals surface area contributed by atoms with Crippen molar-refractivity contribution in [3.63, 3.8) is 0 Å². The molecule has 0 saturated carbocycles. The first-order chi connectivity index (χ1) is 10.2. The van der Waals surface area contributed by atoms with Crippen LogP contribution in [-0.4, -0.2) is 15.7 Å². The molecule has 3 rings (SSSR count). The van der Waals surface area contributed by atoms with Gasteiger partial charge in [0.05, 0.1) is 5.56 Å². The molecule has 1 amide bonds. The third kappa shape index (κ3) is 2.69. The van der Waals surface area contributed by atoms with Crippen molar-refractivity contribution in [3.8, 4) is 6.07 Å². The third-order valence-corrected chi connectivity index (χ3v) is 4.91. The Kier molecular flexibility index (Phi) is 3.76. The molecule has 1 aliphatic rings. The summed E-state index contributed by atoms with van der Waals surface area (Å²) < 4.78 is 1.59. The van der Waals surface area contributed by atoms with E-state index in [4.69, 9.17) is 0 Å². The Morgan fingerprint density at radius 2 is 2.24 bits per heavy atom. The van der Waals surface area contributed by atoms with Crippen molar-refractivity contribution in [1.82, 2.24) is 9.78 Å². The van der Waals surface area contributed by atoms with Crippen LogP contribution in [0.25, 0.3) is 0 Å². The highest BCUT2D eigenvalue weighted by Crippen LogP contribution is 2.37. The number of carbonyl (C=O) groups is 1. The van der Waals surface area contributed by atoms with Gasteiger partial charge in [0.15, 0.2) is 5.69 Å². The normalized spacial score (nSPS) is 14.1. The number of aryl methyl sites for hydroxylation is 2. The van der Waals surface area contributed by atoms with Crippen LogP contribution in [0.1, 0.15) is 45.8 Å². The van der Waals surface area contributed by atoms with Gasteiger partial charge in [-0.15, -0.1) is 11.3 Å². The van der Waals surface area contributed by atoms with Crippen LogP contribution < -0.4 is 5.32 Å². The molecule has 0 unspecified atom stereocenters. The fourth-order valence-corrected chi connectivity index (χ4v) is 3.89. The van der Waals surface area contributed by atoms with E-state index in [9.17, 15) is 10.1 Å². The van der Waals surface area contributed by atoms with Crippen molar-refractivity contribution in [2.24, 2.45) is 7.05 Å². The van der Waals surface area contributed by atoms with Gasteiger partial charge in [0.2, 0.25) is 0 Å². The van der Waals surface area contributed by atoms with Crippen LogP contribution in [-0.2, 0) is 19.9 Å². The molecule has 0 saturated heterocycles. The Labute approximate surface area is 127 Å². The van der Waals surface area contributed by atoms with Crippen LogP contribution in [0.3, 0.4) is 0 Å². The van der Waals surface area contributed by atoms with E-state index in [1.165, 1.54) is 11.3 Å². The number of nitrogens with zero attached hydrogens (tertiary/aromatic N) is 3. The lowest BCUT2D eigenvalue weighted by molar-refractivity contribution is 0.102. The smallest absolute Gasteiger partial charge is 0.276 e. The fourth-order valence-electron chi connectivity index (χ4n) is 2.65. The topological polar surface area (TPSA) is 70.7 Å². The molecule has 0 aliphatic heterocycles. The summed E-state index contributed by atoms with van der Waals surface area (Å²) in [4.78, 5) is 13.4. The molecule has 1 N–H and O–H groups in total. The lowest BCUT2D eigenvalue weighted by Gasteiger charge is -2.01. The monoisotopic (exact) mass is 300 g/mol. The maximum absolute atomic E-state index is 12.2. The summed E-state index contributed by atoms with van der Waals surface area (Å²) >= 11 is 1.54. The molecule has 2 aromatic heterocycles. The van der Waals surface area contributed by atoms with Crippen LogP contribution in [0, 0.1) is 11.3 Å². The van der Waals surface area contributed by atoms with Crippen LogP contribution in [0.5, 0.6) is 0 Å². The van der Waals surface area contributed by atoms with E-state index in [0.717, 1.165) is 31.2 Å². The number of fused-ring (bicyclic) bond motifs is 1. The molecular weight excluding hydrogens is 284 g/mol. The van der Waals surface area contributed by atoms with Crippen LogP contribution in [0.15, 0.2) is 12.3 Å². The van der Waals surface area contributed by atoms with E-state index in [1.54, 1.807) is 35.3 Å². The van der Waals surface area contributed by atoms with Gasteiger partial charge in [-0.2, -0.15) is 10.4 Å². The van der Waals surface area contributed by atoms with Crippen molar-refractivity contribution < 1.29 is 4.79 Å². The number of nitriles is 1. The minimum absolute atomic E-state index is 0.261. The number of aromatic nitrogens is 2. The minimum atomic E-state index is -0.261. The Morgan fingerprint density at radius 1 is 1.43 bits per heavy atom. The lowest BCUT2D eigenvalue weighted by atomic mass is 10.1. The first-order valence-corrected chi connectivity index (χ1v) is 7.86. The quantitative estimate of drug-likeness (QED) is 0.867. The highest BCUT2D eigenvalue weighted by Gasteiger charge is 2.21. The molecule has 0 bridgehead atoms. The summed E-state index contributed by atoms with van der Waals surface area (Å²) in [6.45, 7) is 0. The summed E-state index contributed by atoms with van der Waals surface area (Å²) in [6, 6.07) is 3.93. The second-order valence-corrected chi connectivity index (χ2v) is 6.31. The van der Waals surface area contributed by atoms with Gasteiger partial charge in [0.1, 0.15) is 11.1 Å². The molecule has 0 fully saturated rings. The average Bonchev–Trinajstić information content (AvgIpc) is 2.96. The van der Waals surface area contributed by atoms with E-state index in [2.05, 4.69) is 16.5 Å². The van der Waals surface area contributed by atoms with Gasteiger partial charge >= 0.3 is 0 Å². The summed E-state index contributed by atoms with van der Waals surface area (Å²) in [6.07, 6.45) is 7.16. The largest absolute Gasteiger partial charge is 0.311 e. The van der Waals surface area contributed by atoms with Crippen LogP contribution in [0.2, 0.25) is 0 Å². The molecular formula is C15H16N4OS. The number of nitrogens with one attached hydrogen (secondary N) is 1. The number of rotatable bonds is 2. The highest BCUT2D eigenvalue weighted by atomic mass is 32.1. The molecule has 1 aliphatic carbocycles. The molecule has 0 atom stereocenters. The number of hydrogen-bond donors (Lipinski definition) is 1. The predicted molar refractivity (Wildman–Crippen MR) is 81.5 cm³/mol. The van der Waals surface area contributed by atoms with E-state index in [-0.39, 0.29) is 5.91 Å². The van der Waals surface area contributed by atoms with Gasteiger partial charge in [-0.1, -0.05) is 6.42 Å². The Bertz CT molecular complexity index is 723. The standard InChI is InChI=1S/C15H16N4OS/c1-19-8-7-12(18-19)14(20)17-15-11(9-16)10-5-3-2-4-6-13(10)21-15/h7-8H,2-6H2,1H3,(H,17,20). The van der Waals surface area contributed by atoms with Gasteiger partial charge in [0, 0.05) is 18.1 Å². The van der Waals surface area contributed by atoms with E-state index >= 15 is 0 Å². The van der Waals surface area contributed by atoms with Crippen molar-refractivity contribution in [1.29, 1.82) is 5.26 Å². The lowest BCUT2D eigenvalue weighted by Crippen LogP contribution is -2.13. The number of thiophene rings is 1. The summed E-state index contributed by atoms with van der Waals surface area (Å²) in [5.74, 6) is -0.261. The minimum Gasteiger partial charge on any atom is -0.311 e. The highest BCUT2D eigenvalue weighted by molar-refractivity contribution is 7.16. The van der Waals surface area contributed by atoms with Crippen molar-refractivity contribution in [3.05, 3.63) is 34.0 Å². The molecule has 108 valence electrons. The van der Waals surface area contributed by atoms with Crippen LogP contribution in [0.4, 0.5) is 5.00 Å². The summed E-state index contributed by atoms with van der Waals surface area (Å²) in [5.41, 5.74) is 2.14. The first kappa shape index (κ1) is 13.8. The third-order valence-electron chi connectivity index (χ3n) is 3.71. The number of anilines is 1. The Hall–Kier alpha value is -2.13. The molecule has 0 radical (unpaired) electrons. The zero-order valence-electron chi connectivity index (χ0n) is 11.8. The maximum atomic E-state index is 12.2. The Balaban J connectivity index is 1.89. The van der Waals surface area contributed by atoms with Gasteiger partial charge in [-0.3, -0.25) is 9.48 Å². The molecule has 5 nitrogen and oxygen atoms in total. The zero-order chi connectivity index (χ0) is 14.8. The first-order valence-electron chi connectivity index (χ1n) is 7.04. The van der Waals surface area contributed by atoms with E-state index in [1.807, 2.05) is 0 Å². The van der Waals surface area contributed by atoms with Gasteiger partial charge < -0.3 is 5.32 Å². The summed E-state index contributed by atoms with van der Waals surface area (Å²) in [5, 5.41) is 17.0. The SMILES string of the molecule is Cn1ccc(C(=O)Nc2sc3c(c2C#N)CCCCC3)n1. The van der Waals surface area contributed by atoms with Crippen molar-refractivity contribution >= 4 is 22.2 Å². The van der Waals surface area contributed by atoms with Crippen LogP contribution >= 0.6 is 11.3 Å². The zero-order valence-corrected chi connectivity index (χ0v) is 12.7. The molecule has 2 aromatic rings. The number of amides is 1. The molecule has 0 spiro atoms. The van der Waals surface area contributed by atoms with E-state index in [0.29, 0.717) is 16.3 Å². The maximum Gasteiger partial charge on any atom is 0.276 e. The van der Waals surface area contributed by atoms with Gasteiger partial charge in [0.25, 0.3) is 5.91 Å². The fraction of sp³-hybridized carbons (Fsp3) is 0.400. The van der Waals surface area contributed by atoms with Crippen molar-refractivity contribution in [2.45, 2.75) is 32.1 Å². The molecule has 21 heavy (non-hydrogen) atoms. The predicted octanol–water partition coefficient (Wildman–Crippen LogP) is 2.87. The number of carbonyl (C=O) groups excluding carboxylic acids is 1. The Morgan fingerprint density at radius 3 is 2.95 bits per heavy atom. The molecule has 6 heteroatoms. The molecule has 2 heterocycles. The summed E-state index contributed by atoms with van der Waals surface area (Å²) in [7, 11) is 1.77. The van der Waals surface area contributed by atoms with Gasteiger partial charge in [-0.25, -0.2) is 0 Å². The van der Waals surface area contributed by atoms with Crippen molar-refractivity contribution in [2.75, 3.05) is 5.32 Å². The molecule has 0 aromatic carbocycles. The van der Waals surface area contributed by atoms with Gasteiger partial charge in [-0.05, 0) is 37.3 Å². The second kappa shape index (κ2) is 5.70. The second-order valence-electron chi connectivity index (χ2n) is 5.21. The average molecular weight is 300 g/mol.